The number of nitrogens with zero attached hydrogens (tertiary/aromatic N) is 2. The summed E-state index contributed by atoms with van der Waals surface area (Å²) in [6.07, 6.45) is 0.143. The lowest BCUT2D eigenvalue weighted by atomic mass is 10.0. The van der Waals surface area contributed by atoms with Gasteiger partial charge in [-0.2, -0.15) is 0 Å². The Morgan fingerprint density at radius 1 is 1.07 bits per heavy atom. The van der Waals surface area contributed by atoms with E-state index in [1.54, 1.807) is 12.1 Å². The number of amides is 2. The first-order chi connectivity index (χ1) is 14.4. The molecular weight excluding hydrogens is 400 g/mol. The number of piperazine rings is 1. The zero-order valence-electron chi connectivity index (χ0n) is 17.5. The van der Waals surface area contributed by atoms with Crippen LogP contribution in [0.2, 0.25) is 5.02 Å². The normalized spacial score (nSPS) is 16.1. The third-order valence-corrected chi connectivity index (χ3v) is 5.50. The van der Waals surface area contributed by atoms with Gasteiger partial charge >= 0.3 is 0 Å². The molecule has 2 aromatic carbocycles. The summed E-state index contributed by atoms with van der Waals surface area (Å²) in [4.78, 5) is 29.0. The molecule has 7 heteroatoms. The number of hydrogen-bond acceptors (Lipinski definition) is 4. The summed E-state index contributed by atoms with van der Waals surface area (Å²) in [5, 5.41) is 6.43. The highest BCUT2D eigenvalue weighted by atomic mass is 35.5. The van der Waals surface area contributed by atoms with Crippen LogP contribution in [0.1, 0.15) is 30.5 Å². The molecule has 2 aromatic rings. The molecule has 1 aliphatic heterocycles. The minimum absolute atomic E-state index is 0.143. The number of likely N-dealkylation sites (N-methyl/N-ethyl adjacent to an activating group) is 1. The van der Waals surface area contributed by atoms with E-state index < -0.39 is 6.04 Å². The fourth-order valence-corrected chi connectivity index (χ4v) is 3.73. The maximum absolute atomic E-state index is 12.7. The minimum Gasteiger partial charge on any atom is -0.349 e. The Morgan fingerprint density at radius 3 is 2.43 bits per heavy atom. The molecule has 30 heavy (non-hydrogen) atoms. The van der Waals surface area contributed by atoms with Crippen LogP contribution in [0.3, 0.4) is 0 Å². The predicted octanol–water partition coefficient (Wildman–Crippen LogP) is 3.29. The van der Waals surface area contributed by atoms with Crippen LogP contribution < -0.4 is 10.6 Å². The number of rotatable bonds is 7. The van der Waals surface area contributed by atoms with Gasteiger partial charge in [0.05, 0.1) is 12.5 Å². The predicted molar refractivity (Wildman–Crippen MR) is 120 cm³/mol. The van der Waals surface area contributed by atoms with Gasteiger partial charge in [0, 0.05) is 50.4 Å². The van der Waals surface area contributed by atoms with Crippen molar-refractivity contribution in [3.63, 3.8) is 0 Å². The molecule has 1 fully saturated rings. The van der Waals surface area contributed by atoms with Crippen molar-refractivity contribution in [1.29, 1.82) is 0 Å². The molecule has 0 radical (unpaired) electrons. The summed E-state index contributed by atoms with van der Waals surface area (Å²) in [7, 11) is 2.14. The smallest absolute Gasteiger partial charge is 0.226 e. The second-order valence-electron chi connectivity index (χ2n) is 7.84. The summed E-state index contributed by atoms with van der Waals surface area (Å²) in [5.74, 6) is -0.336. The van der Waals surface area contributed by atoms with Crippen molar-refractivity contribution >= 4 is 29.1 Å². The van der Waals surface area contributed by atoms with E-state index in [2.05, 4.69) is 33.5 Å². The zero-order valence-corrected chi connectivity index (χ0v) is 18.3. The fourth-order valence-electron chi connectivity index (χ4n) is 3.60. The third kappa shape index (κ3) is 6.83. The molecule has 1 saturated heterocycles. The Hall–Kier alpha value is -2.41. The van der Waals surface area contributed by atoms with Crippen molar-refractivity contribution in [2.45, 2.75) is 25.9 Å². The van der Waals surface area contributed by atoms with Gasteiger partial charge in [0.1, 0.15) is 0 Å². The summed E-state index contributed by atoms with van der Waals surface area (Å²) >= 11 is 5.95. The van der Waals surface area contributed by atoms with Gasteiger partial charge in [-0.3, -0.25) is 14.5 Å². The van der Waals surface area contributed by atoms with Crippen LogP contribution in [0.5, 0.6) is 0 Å². The maximum atomic E-state index is 12.7. The van der Waals surface area contributed by atoms with Gasteiger partial charge in [0.15, 0.2) is 0 Å². The Kier molecular flexibility index (Phi) is 7.85. The highest BCUT2D eigenvalue weighted by Gasteiger charge is 2.18. The highest BCUT2D eigenvalue weighted by Crippen LogP contribution is 2.21. The molecule has 0 aliphatic carbocycles. The fraction of sp³-hybridized carbons (Fsp3) is 0.391. The number of benzene rings is 2. The van der Waals surface area contributed by atoms with E-state index in [0.717, 1.165) is 44.0 Å². The molecule has 6 nitrogen and oxygen atoms in total. The minimum atomic E-state index is -0.409. The number of nitrogens with one attached hydrogen (secondary N) is 2. The first-order valence-corrected chi connectivity index (χ1v) is 10.6. The van der Waals surface area contributed by atoms with Crippen molar-refractivity contribution in [3.05, 3.63) is 64.7 Å². The van der Waals surface area contributed by atoms with E-state index in [9.17, 15) is 9.59 Å². The summed E-state index contributed by atoms with van der Waals surface area (Å²) in [5.41, 5.74) is 2.78. The lowest BCUT2D eigenvalue weighted by molar-refractivity contribution is -0.120. The van der Waals surface area contributed by atoms with E-state index in [1.807, 2.05) is 30.3 Å². The van der Waals surface area contributed by atoms with Crippen LogP contribution in [0.4, 0.5) is 5.69 Å². The summed E-state index contributed by atoms with van der Waals surface area (Å²) in [6, 6.07) is 14.7. The molecule has 3 rings (SSSR count). The average Bonchev–Trinajstić information content (AvgIpc) is 2.70. The monoisotopic (exact) mass is 428 g/mol. The Bertz CT molecular complexity index is 864. The van der Waals surface area contributed by atoms with E-state index in [0.29, 0.717) is 5.02 Å². The Morgan fingerprint density at radius 2 is 1.77 bits per heavy atom. The van der Waals surface area contributed by atoms with Crippen LogP contribution in [0, 0.1) is 0 Å². The molecule has 1 aliphatic rings. The molecule has 2 N–H and O–H groups in total. The molecule has 0 spiro atoms. The van der Waals surface area contributed by atoms with Crippen LogP contribution >= 0.6 is 11.6 Å². The number of hydrogen-bond donors (Lipinski definition) is 2. The number of carbonyl (C=O) groups is 2. The number of halogens is 1. The molecular formula is C23H29ClN4O2. The lowest BCUT2D eigenvalue weighted by Gasteiger charge is -2.32. The first kappa shape index (κ1) is 22.3. The van der Waals surface area contributed by atoms with E-state index >= 15 is 0 Å². The van der Waals surface area contributed by atoms with Crippen molar-refractivity contribution in [2.75, 3.05) is 38.5 Å². The van der Waals surface area contributed by atoms with Gasteiger partial charge < -0.3 is 15.5 Å². The van der Waals surface area contributed by atoms with Crippen LogP contribution in [-0.4, -0.2) is 54.8 Å². The Balaban J connectivity index is 1.61. The summed E-state index contributed by atoms with van der Waals surface area (Å²) in [6.45, 7) is 6.57. The molecule has 2 amide bonds. The standard InChI is InChI=1S/C23H29ClN4O2/c1-17(29)25-22(19-6-8-20(24)9-7-19)15-23(30)26-21-5-3-4-18(14-21)16-28-12-10-27(2)11-13-28/h3-9,14,22H,10-13,15-16H2,1-2H3,(H,25,29)(H,26,30). The van der Waals surface area contributed by atoms with Gasteiger partial charge in [-0.05, 0) is 42.4 Å². The molecule has 160 valence electrons. The molecule has 1 heterocycles. The maximum Gasteiger partial charge on any atom is 0.226 e. The van der Waals surface area contributed by atoms with Crippen LogP contribution in [0.25, 0.3) is 0 Å². The van der Waals surface area contributed by atoms with Gasteiger partial charge in [0.2, 0.25) is 11.8 Å². The van der Waals surface area contributed by atoms with Gasteiger partial charge in [-0.1, -0.05) is 35.9 Å². The summed E-state index contributed by atoms with van der Waals surface area (Å²) < 4.78 is 0. The average molecular weight is 429 g/mol. The number of carbonyl (C=O) groups excluding carboxylic acids is 2. The quantitative estimate of drug-likeness (QED) is 0.710. The number of anilines is 1. The SMILES string of the molecule is CC(=O)NC(CC(=O)Nc1cccc(CN2CCN(C)CC2)c1)c1ccc(Cl)cc1. The lowest BCUT2D eigenvalue weighted by Crippen LogP contribution is -2.43. The van der Waals surface area contributed by atoms with E-state index in [-0.39, 0.29) is 18.2 Å². The third-order valence-electron chi connectivity index (χ3n) is 5.25. The molecule has 1 atom stereocenters. The van der Waals surface area contributed by atoms with Crippen molar-refractivity contribution in [3.8, 4) is 0 Å². The highest BCUT2D eigenvalue weighted by molar-refractivity contribution is 6.30. The Labute approximate surface area is 183 Å². The largest absolute Gasteiger partial charge is 0.349 e. The zero-order chi connectivity index (χ0) is 21.5. The van der Waals surface area contributed by atoms with Gasteiger partial charge in [-0.25, -0.2) is 0 Å². The van der Waals surface area contributed by atoms with Crippen LogP contribution in [-0.2, 0) is 16.1 Å². The van der Waals surface area contributed by atoms with E-state index in [4.69, 9.17) is 11.6 Å². The molecule has 0 saturated carbocycles. The molecule has 0 bridgehead atoms. The van der Waals surface area contributed by atoms with Gasteiger partial charge in [-0.15, -0.1) is 0 Å². The van der Waals surface area contributed by atoms with Crippen molar-refractivity contribution < 1.29 is 9.59 Å². The second kappa shape index (κ2) is 10.6. The topological polar surface area (TPSA) is 64.7 Å². The second-order valence-corrected chi connectivity index (χ2v) is 8.27. The molecule has 1 unspecified atom stereocenters. The van der Waals surface area contributed by atoms with Gasteiger partial charge in [0.25, 0.3) is 0 Å². The first-order valence-electron chi connectivity index (χ1n) is 10.2. The van der Waals surface area contributed by atoms with E-state index in [1.165, 1.54) is 12.5 Å². The van der Waals surface area contributed by atoms with Crippen molar-refractivity contribution in [1.82, 2.24) is 15.1 Å². The molecule has 0 aromatic heterocycles. The van der Waals surface area contributed by atoms with Crippen LogP contribution in [0.15, 0.2) is 48.5 Å². The van der Waals surface area contributed by atoms with Crippen molar-refractivity contribution in [2.24, 2.45) is 0 Å².